The highest BCUT2D eigenvalue weighted by Gasteiger charge is 2.26. The molecule has 22 heavy (non-hydrogen) atoms. The molecule has 0 heterocycles. The van der Waals surface area contributed by atoms with Crippen LogP contribution in [0.3, 0.4) is 0 Å². The molecule has 2 atom stereocenters. The number of aliphatic hydroxyl groups is 1. The van der Waals surface area contributed by atoms with Gasteiger partial charge in [0.05, 0.1) is 6.61 Å². The van der Waals surface area contributed by atoms with Crippen molar-refractivity contribution in [2.45, 2.75) is 44.0 Å². The van der Waals surface area contributed by atoms with Gasteiger partial charge in [-0.05, 0) is 38.0 Å². The summed E-state index contributed by atoms with van der Waals surface area (Å²) >= 11 is 1.88. The van der Waals surface area contributed by atoms with Gasteiger partial charge in [-0.3, -0.25) is 0 Å². The van der Waals surface area contributed by atoms with Crippen LogP contribution in [0.15, 0.2) is 24.3 Å². The van der Waals surface area contributed by atoms with Gasteiger partial charge in [0.25, 0.3) is 0 Å². The van der Waals surface area contributed by atoms with Gasteiger partial charge < -0.3 is 15.3 Å². The molecule has 2 N–H and O–H groups in total. The van der Waals surface area contributed by atoms with E-state index >= 15 is 0 Å². The fraction of sp³-hybridized carbons (Fsp3) is 0.588. The average Bonchev–Trinajstić information content (AvgIpc) is 2.96. The third-order valence-electron chi connectivity index (χ3n) is 4.20. The lowest BCUT2D eigenvalue weighted by molar-refractivity contribution is 0.171. The molecule has 0 aromatic heterocycles. The van der Waals surface area contributed by atoms with E-state index < -0.39 is 0 Å². The Bertz CT molecular complexity index is 478. The molecule has 1 aromatic carbocycles. The van der Waals surface area contributed by atoms with Crippen LogP contribution >= 0.6 is 11.8 Å². The standard InChI is InChI=1S/C17H26N2O2S/c1-13-3-5-14(6-4-13)12-19(9-10-20)17(21)18-15-7-8-16(11-15)22-2/h3-6,15-16,20H,7-12H2,1-2H3,(H,18,21)/t15-,16-/m0/s1. The minimum atomic E-state index is -0.0682. The van der Waals surface area contributed by atoms with Crippen LogP contribution in [0, 0.1) is 6.92 Å². The highest BCUT2D eigenvalue weighted by Crippen LogP contribution is 2.28. The van der Waals surface area contributed by atoms with Crippen molar-refractivity contribution in [1.82, 2.24) is 10.2 Å². The van der Waals surface area contributed by atoms with E-state index in [1.54, 1.807) is 4.90 Å². The Hall–Kier alpha value is -1.20. The minimum Gasteiger partial charge on any atom is -0.395 e. The molecule has 0 aliphatic heterocycles. The van der Waals surface area contributed by atoms with E-state index in [4.69, 9.17) is 0 Å². The first-order valence-electron chi connectivity index (χ1n) is 7.87. The fourth-order valence-electron chi connectivity index (χ4n) is 2.84. The van der Waals surface area contributed by atoms with Crippen molar-refractivity contribution < 1.29 is 9.90 Å². The number of aliphatic hydroxyl groups excluding tert-OH is 1. The number of nitrogens with one attached hydrogen (secondary N) is 1. The lowest BCUT2D eigenvalue weighted by atomic mass is 10.1. The van der Waals surface area contributed by atoms with E-state index in [0.29, 0.717) is 18.3 Å². The molecule has 0 unspecified atom stereocenters. The van der Waals surface area contributed by atoms with Crippen LogP contribution in [-0.4, -0.2) is 46.7 Å². The molecular formula is C17H26N2O2S. The summed E-state index contributed by atoms with van der Waals surface area (Å²) in [6.45, 7) is 2.92. The third kappa shape index (κ3) is 4.92. The first-order chi connectivity index (χ1) is 10.6. The second-order valence-electron chi connectivity index (χ2n) is 5.95. The maximum atomic E-state index is 12.5. The topological polar surface area (TPSA) is 52.6 Å². The van der Waals surface area contributed by atoms with Crippen molar-refractivity contribution in [3.05, 3.63) is 35.4 Å². The molecule has 5 heteroatoms. The van der Waals surface area contributed by atoms with E-state index in [1.807, 2.05) is 43.0 Å². The molecule has 4 nitrogen and oxygen atoms in total. The number of urea groups is 1. The number of carbonyl (C=O) groups excluding carboxylic acids is 1. The molecule has 1 saturated carbocycles. The van der Waals surface area contributed by atoms with Crippen LogP contribution in [-0.2, 0) is 6.54 Å². The lowest BCUT2D eigenvalue weighted by Gasteiger charge is -2.24. The van der Waals surface area contributed by atoms with E-state index in [2.05, 4.69) is 11.6 Å². The Balaban J connectivity index is 1.92. The highest BCUT2D eigenvalue weighted by atomic mass is 32.2. The van der Waals surface area contributed by atoms with Gasteiger partial charge in [-0.25, -0.2) is 4.79 Å². The molecule has 0 saturated heterocycles. The predicted octanol–water partition coefficient (Wildman–Crippen LogP) is 2.78. The molecule has 1 aliphatic rings. The summed E-state index contributed by atoms with van der Waals surface area (Å²) in [7, 11) is 0. The molecule has 0 bridgehead atoms. The molecular weight excluding hydrogens is 296 g/mol. The Morgan fingerprint density at radius 3 is 2.68 bits per heavy atom. The van der Waals surface area contributed by atoms with Gasteiger partial charge in [0.1, 0.15) is 0 Å². The molecule has 1 aromatic rings. The maximum Gasteiger partial charge on any atom is 0.317 e. The largest absolute Gasteiger partial charge is 0.395 e. The zero-order chi connectivity index (χ0) is 15.9. The minimum absolute atomic E-state index is 0.0165. The van der Waals surface area contributed by atoms with E-state index in [1.165, 1.54) is 12.0 Å². The monoisotopic (exact) mass is 322 g/mol. The third-order valence-corrected chi connectivity index (χ3v) is 5.29. The second kappa shape index (κ2) is 8.44. The number of benzene rings is 1. The maximum absolute atomic E-state index is 12.5. The highest BCUT2D eigenvalue weighted by molar-refractivity contribution is 7.99. The van der Waals surface area contributed by atoms with Crippen molar-refractivity contribution in [3.8, 4) is 0 Å². The first-order valence-corrected chi connectivity index (χ1v) is 9.15. The van der Waals surface area contributed by atoms with E-state index in [0.717, 1.165) is 18.4 Å². The normalized spacial score (nSPS) is 20.9. The number of hydrogen-bond acceptors (Lipinski definition) is 3. The number of carbonyl (C=O) groups is 1. The summed E-state index contributed by atoms with van der Waals surface area (Å²) < 4.78 is 0. The quantitative estimate of drug-likeness (QED) is 0.847. The molecule has 1 aliphatic carbocycles. The SMILES string of the molecule is CS[C@H]1CC[C@H](NC(=O)N(CCO)Cc2ccc(C)cc2)C1. The van der Waals surface area contributed by atoms with Gasteiger partial charge in [-0.1, -0.05) is 29.8 Å². The number of hydrogen-bond donors (Lipinski definition) is 2. The van der Waals surface area contributed by atoms with Crippen LogP contribution in [0.1, 0.15) is 30.4 Å². The first kappa shape index (κ1) is 17.2. The zero-order valence-electron chi connectivity index (χ0n) is 13.4. The number of aryl methyl sites for hydroxylation is 1. The van der Waals surface area contributed by atoms with Crippen LogP contribution in [0.25, 0.3) is 0 Å². The summed E-state index contributed by atoms with van der Waals surface area (Å²) in [5, 5.41) is 13.0. The Morgan fingerprint density at radius 1 is 1.36 bits per heavy atom. The predicted molar refractivity (Wildman–Crippen MR) is 92.1 cm³/mol. The number of rotatable bonds is 6. The van der Waals surface area contributed by atoms with Crippen LogP contribution < -0.4 is 5.32 Å². The van der Waals surface area contributed by atoms with Gasteiger partial charge >= 0.3 is 6.03 Å². The smallest absolute Gasteiger partial charge is 0.317 e. The molecule has 2 rings (SSSR count). The Kier molecular flexibility index (Phi) is 6.58. The fourth-order valence-corrected chi connectivity index (χ4v) is 3.63. The van der Waals surface area contributed by atoms with Crippen molar-refractivity contribution in [1.29, 1.82) is 0 Å². The second-order valence-corrected chi connectivity index (χ2v) is 7.09. The molecule has 2 amide bonds. The summed E-state index contributed by atoms with van der Waals surface area (Å²) in [6.07, 6.45) is 5.40. The summed E-state index contributed by atoms with van der Waals surface area (Å²) in [6, 6.07) is 8.36. The molecule has 0 radical (unpaired) electrons. The van der Waals surface area contributed by atoms with Gasteiger partial charge in [0, 0.05) is 24.4 Å². The summed E-state index contributed by atoms with van der Waals surface area (Å²) in [5.41, 5.74) is 2.29. The van der Waals surface area contributed by atoms with Crippen LogP contribution in [0.5, 0.6) is 0 Å². The Morgan fingerprint density at radius 2 is 2.09 bits per heavy atom. The van der Waals surface area contributed by atoms with Crippen molar-refractivity contribution >= 4 is 17.8 Å². The summed E-state index contributed by atoms with van der Waals surface area (Å²) in [4.78, 5) is 14.1. The zero-order valence-corrected chi connectivity index (χ0v) is 14.2. The average molecular weight is 322 g/mol. The lowest BCUT2D eigenvalue weighted by Crippen LogP contribution is -2.44. The van der Waals surface area contributed by atoms with E-state index in [9.17, 15) is 9.90 Å². The van der Waals surface area contributed by atoms with Gasteiger partial charge in [0.2, 0.25) is 0 Å². The number of thioether (sulfide) groups is 1. The summed E-state index contributed by atoms with van der Waals surface area (Å²) in [5.74, 6) is 0. The molecule has 0 spiro atoms. The van der Waals surface area contributed by atoms with Gasteiger partial charge in [0.15, 0.2) is 0 Å². The van der Waals surface area contributed by atoms with Crippen molar-refractivity contribution in [2.24, 2.45) is 0 Å². The van der Waals surface area contributed by atoms with E-state index in [-0.39, 0.29) is 18.7 Å². The Labute approximate surface area is 137 Å². The molecule has 1 fully saturated rings. The number of nitrogens with zero attached hydrogens (tertiary/aromatic N) is 1. The van der Waals surface area contributed by atoms with Crippen LogP contribution in [0.4, 0.5) is 4.79 Å². The van der Waals surface area contributed by atoms with Gasteiger partial charge in [-0.15, -0.1) is 0 Å². The van der Waals surface area contributed by atoms with Crippen molar-refractivity contribution in [2.75, 3.05) is 19.4 Å². The van der Waals surface area contributed by atoms with Crippen LogP contribution in [0.2, 0.25) is 0 Å². The van der Waals surface area contributed by atoms with Crippen molar-refractivity contribution in [3.63, 3.8) is 0 Å². The van der Waals surface area contributed by atoms with Gasteiger partial charge in [-0.2, -0.15) is 11.8 Å². The number of amides is 2. The molecule has 122 valence electrons.